The van der Waals surface area contributed by atoms with Gasteiger partial charge in [-0.05, 0) is 31.0 Å². The number of halogens is 1. The third-order valence-electron chi connectivity index (χ3n) is 3.42. The standard InChI is InChI=1S/C18H21FO2/c1-3-12-21-17-11-7-5-9-15(17)18(2,20)13-14-8-4-6-10-16(14)19/h4-11,20H,3,12-13H2,1-2H3. The van der Waals surface area contributed by atoms with E-state index >= 15 is 0 Å². The molecule has 0 heterocycles. The molecular weight excluding hydrogens is 267 g/mol. The Morgan fingerprint density at radius 1 is 1.10 bits per heavy atom. The van der Waals surface area contributed by atoms with Gasteiger partial charge in [0.15, 0.2) is 0 Å². The minimum Gasteiger partial charge on any atom is -0.493 e. The van der Waals surface area contributed by atoms with Gasteiger partial charge in [-0.15, -0.1) is 0 Å². The molecule has 0 aliphatic carbocycles. The average Bonchev–Trinajstić information content (AvgIpc) is 2.47. The molecule has 112 valence electrons. The Balaban J connectivity index is 2.29. The molecule has 1 N–H and O–H groups in total. The van der Waals surface area contributed by atoms with Crippen molar-refractivity contribution < 1.29 is 14.2 Å². The molecule has 2 aromatic rings. The largest absolute Gasteiger partial charge is 0.493 e. The second-order valence-corrected chi connectivity index (χ2v) is 5.39. The van der Waals surface area contributed by atoms with Gasteiger partial charge >= 0.3 is 0 Å². The van der Waals surface area contributed by atoms with Crippen LogP contribution in [-0.2, 0) is 12.0 Å². The van der Waals surface area contributed by atoms with Crippen molar-refractivity contribution >= 4 is 0 Å². The third kappa shape index (κ3) is 3.82. The quantitative estimate of drug-likeness (QED) is 0.868. The lowest BCUT2D eigenvalue weighted by Crippen LogP contribution is -2.25. The first-order valence-electron chi connectivity index (χ1n) is 7.22. The van der Waals surface area contributed by atoms with Gasteiger partial charge in [0, 0.05) is 12.0 Å². The summed E-state index contributed by atoms with van der Waals surface area (Å²) in [5.41, 5.74) is -0.0125. The second-order valence-electron chi connectivity index (χ2n) is 5.39. The minimum absolute atomic E-state index is 0.201. The highest BCUT2D eigenvalue weighted by Crippen LogP contribution is 2.33. The van der Waals surface area contributed by atoms with Gasteiger partial charge in [0.25, 0.3) is 0 Å². The van der Waals surface area contributed by atoms with Crippen molar-refractivity contribution in [3.8, 4) is 5.75 Å². The van der Waals surface area contributed by atoms with E-state index in [1.54, 1.807) is 25.1 Å². The molecule has 1 atom stereocenters. The molecule has 0 aliphatic rings. The van der Waals surface area contributed by atoms with E-state index in [2.05, 4.69) is 0 Å². The van der Waals surface area contributed by atoms with E-state index in [4.69, 9.17) is 4.74 Å². The summed E-state index contributed by atoms with van der Waals surface area (Å²) in [5, 5.41) is 10.8. The molecule has 0 radical (unpaired) electrons. The molecule has 2 nitrogen and oxygen atoms in total. The SMILES string of the molecule is CCCOc1ccccc1C(C)(O)Cc1ccccc1F. The van der Waals surface area contributed by atoms with Crippen molar-refractivity contribution in [3.63, 3.8) is 0 Å². The molecule has 0 fully saturated rings. The lowest BCUT2D eigenvalue weighted by Gasteiger charge is -2.26. The van der Waals surface area contributed by atoms with E-state index in [-0.39, 0.29) is 12.2 Å². The molecule has 3 heteroatoms. The van der Waals surface area contributed by atoms with Gasteiger partial charge in [-0.2, -0.15) is 0 Å². The van der Waals surface area contributed by atoms with Gasteiger partial charge in [0.1, 0.15) is 11.6 Å². The molecule has 0 amide bonds. The normalized spacial score (nSPS) is 13.7. The Labute approximate surface area is 125 Å². The fourth-order valence-corrected chi connectivity index (χ4v) is 2.36. The molecular formula is C18H21FO2. The zero-order valence-electron chi connectivity index (χ0n) is 12.5. The van der Waals surface area contributed by atoms with Crippen LogP contribution in [0.1, 0.15) is 31.4 Å². The highest BCUT2D eigenvalue weighted by atomic mass is 19.1. The van der Waals surface area contributed by atoms with Gasteiger partial charge < -0.3 is 9.84 Å². The van der Waals surface area contributed by atoms with Crippen molar-refractivity contribution in [1.29, 1.82) is 0 Å². The number of hydrogen-bond donors (Lipinski definition) is 1. The van der Waals surface area contributed by atoms with Gasteiger partial charge in [-0.3, -0.25) is 0 Å². The monoisotopic (exact) mass is 288 g/mol. The maximum atomic E-state index is 13.8. The van der Waals surface area contributed by atoms with E-state index in [1.807, 2.05) is 31.2 Å². The van der Waals surface area contributed by atoms with Crippen molar-refractivity contribution in [1.82, 2.24) is 0 Å². The van der Waals surface area contributed by atoms with Crippen molar-refractivity contribution in [3.05, 3.63) is 65.5 Å². The van der Waals surface area contributed by atoms with Crippen molar-refractivity contribution in [2.45, 2.75) is 32.3 Å². The van der Waals surface area contributed by atoms with Crippen LogP contribution in [0.5, 0.6) is 5.75 Å². The molecule has 0 bridgehead atoms. The zero-order chi connectivity index (χ0) is 15.3. The molecule has 2 aromatic carbocycles. The van der Waals surface area contributed by atoms with E-state index in [1.165, 1.54) is 6.07 Å². The summed E-state index contributed by atoms with van der Waals surface area (Å²) in [4.78, 5) is 0. The first-order chi connectivity index (χ1) is 10.0. The predicted octanol–water partition coefficient (Wildman–Crippen LogP) is 4.06. The van der Waals surface area contributed by atoms with Crippen LogP contribution < -0.4 is 4.74 Å². The molecule has 0 saturated heterocycles. The summed E-state index contributed by atoms with van der Waals surface area (Å²) in [6, 6.07) is 13.9. The highest BCUT2D eigenvalue weighted by molar-refractivity contribution is 5.39. The summed E-state index contributed by atoms with van der Waals surface area (Å²) in [6.07, 6.45) is 1.09. The van der Waals surface area contributed by atoms with E-state index in [9.17, 15) is 9.50 Å². The lowest BCUT2D eigenvalue weighted by atomic mass is 9.88. The molecule has 0 spiro atoms. The smallest absolute Gasteiger partial charge is 0.126 e. The Morgan fingerprint density at radius 3 is 2.48 bits per heavy atom. The van der Waals surface area contributed by atoms with E-state index in [0.717, 1.165) is 6.42 Å². The van der Waals surface area contributed by atoms with Crippen molar-refractivity contribution in [2.24, 2.45) is 0 Å². The predicted molar refractivity (Wildman–Crippen MR) is 81.9 cm³/mol. The summed E-state index contributed by atoms with van der Waals surface area (Å²) in [5.74, 6) is 0.352. The molecule has 0 aliphatic heterocycles. The van der Waals surface area contributed by atoms with Crippen LogP contribution in [0.15, 0.2) is 48.5 Å². The second kappa shape index (κ2) is 6.72. The maximum absolute atomic E-state index is 13.8. The average molecular weight is 288 g/mol. The fraction of sp³-hybridized carbons (Fsp3) is 0.333. The first kappa shape index (κ1) is 15.5. The number of ether oxygens (including phenoxy) is 1. The topological polar surface area (TPSA) is 29.5 Å². The van der Waals surface area contributed by atoms with E-state index < -0.39 is 5.60 Å². The summed E-state index contributed by atoms with van der Waals surface area (Å²) < 4.78 is 19.5. The Hall–Kier alpha value is -1.87. The van der Waals surface area contributed by atoms with Gasteiger partial charge in [-0.1, -0.05) is 43.3 Å². The van der Waals surface area contributed by atoms with Crippen LogP contribution in [0.3, 0.4) is 0 Å². The lowest BCUT2D eigenvalue weighted by molar-refractivity contribution is 0.0533. The number of benzene rings is 2. The molecule has 0 saturated carbocycles. The minimum atomic E-state index is -1.19. The third-order valence-corrected chi connectivity index (χ3v) is 3.42. The number of rotatable bonds is 6. The summed E-state index contributed by atoms with van der Waals surface area (Å²) >= 11 is 0. The maximum Gasteiger partial charge on any atom is 0.126 e. The Morgan fingerprint density at radius 2 is 1.76 bits per heavy atom. The van der Waals surface area contributed by atoms with E-state index in [0.29, 0.717) is 23.5 Å². The van der Waals surface area contributed by atoms with Crippen LogP contribution in [0.4, 0.5) is 4.39 Å². The van der Waals surface area contributed by atoms with Crippen LogP contribution in [0, 0.1) is 5.82 Å². The van der Waals surface area contributed by atoms with Gasteiger partial charge in [0.05, 0.1) is 12.2 Å². The molecule has 21 heavy (non-hydrogen) atoms. The molecule has 1 unspecified atom stereocenters. The number of aliphatic hydroxyl groups is 1. The van der Waals surface area contributed by atoms with Gasteiger partial charge in [0.2, 0.25) is 0 Å². The van der Waals surface area contributed by atoms with Crippen LogP contribution >= 0.6 is 0 Å². The highest BCUT2D eigenvalue weighted by Gasteiger charge is 2.28. The Kier molecular flexibility index (Phi) is 4.97. The van der Waals surface area contributed by atoms with Crippen LogP contribution in [0.25, 0.3) is 0 Å². The first-order valence-corrected chi connectivity index (χ1v) is 7.22. The summed E-state index contributed by atoms with van der Waals surface area (Å²) in [7, 11) is 0. The van der Waals surface area contributed by atoms with Crippen LogP contribution in [0.2, 0.25) is 0 Å². The fourth-order valence-electron chi connectivity index (χ4n) is 2.36. The zero-order valence-corrected chi connectivity index (χ0v) is 12.5. The van der Waals surface area contributed by atoms with Crippen LogP contribution in [-0.4, -0.2) is 11.7 Å². The number of para-hydroxylation sites is 1. The molecule has 2 rings (SSSR count). The van der Waals surface area contributed by atoms with Gasteiger partial charge in [-0.25, -0.2) is 4.39 Å². The summed E-state index contributed by atoms with van der Waals surface area (Å²) in [6.45, 7) is 4.31. The van der Waals surface area contributed by atoms with Crippen molar-refractivity contribution in [2.75, 3.05) is 6.61 Å². The molecule has 0 aromatic heterocycles. The number of hydrogen-bond acceptors (Lipinski definition) is 2. The Bertz CT molecular complexity index is 593.